The molecule has 0 atom stereocenters. The number of nitrogens with zero attached hydrogens (tertiary/aromatic N) is 6. The van der Waals surface area contributed by atoms with E-state index in [-0.39, 0.29) is 25.1 Å². The summed E-state index contributed by atoms with van der Waals surface area (Å²) in [5.74, 6) is -0.183. The summed E-state index contributed by atoms with van der Waals surface area (Å²) in [6.45, 7) is 3.84. The molecule has 0 aliphatic carbocycles. The first kappa shape index (κ1) is 14.0. The zero-order chi connectivity index (χ0) is 14.9. The normalized spacial score (nSPS) is 14.1. The third-order valence-corrected chi connectivity index (χ3v) is 2.89. The number of carbonyl (C=O) groups excluding carboxylic acids is 2. The fourth-order valence-electron chi connectivity index (χ4n) is 1.87. The number of amides is 2. The van der Waals surface area contributed by atoms with Crippen LogP contribution in [0.1, 0.15) is 13.8 Å². The van der Waals surface area contributed by atoms with E-state index in [2.05, 4.69) is 15.5 Å². The third kappa shape index (κ3) is 2.22. The Hall–Kier alpha value is -2.45. The Morgan fingerprint density at radius 3 is 2.70 bits per heavy atom. The quantitative estimate of drug-likeness (QED) is 0.708. The van der Waals surface area contributed by atoms with Gasteiger partial charge in [-0.1, -0.05) is 5.10 Å². The summed E-state index contributed by atoms with van der Waals surface area (Å²) in [4.78, 5) is 26.9. The van der Waals surface area contributed by atoms with E-state index in [9.17, 15) is 9.59 Å². The minimum absolute atomic E-state index is 0.185. The number of esters is 1. The van der Waals surface area contributed by atoms with Crippen LogP contribution in [-0.4, -0.2) is 57.8 Å². The third-order valence-electron chi connectivity index (χ3n) is 2.89. The highest BCUT2D eigenvalue weighted by Crippen LogP contribution is 2.26. The van der Waals surface area contributed by atoms with Gasteiger partial charge in [0.25, 0.3) is 5.95 Å². The van der Waals surface area contributed by atoms with Gasteiger partial charge in [0.2, 0.25) is 0 Å². The van der Waals surface area contributed by atoms with Gasteiger partial charge in [-0.05, 0) is 24.3 Å². The van der Waals surface area contributed by atoms with E-state index >= 15 is 0 Å². The minimum Gasteiger partial charge on any atom is -0.463 e. The summed E-state index contributed by atoms with van der Waals surface area (Å²) < 4.78 is 6.39. The van der Waals surface area contributed by atoms with Crippen LogP contribution in [0.4, 0.5) is 10.7 Å². The molecule has 20 heavy (non-hydrogen) atoms. The number of allylic oxidation sites excluding steroid dienone is 1. The van der Waals surface area contributed by atoms with Crippen molar-refractivity contribution in [3.8, 4) is 0 Å². The molecule has 9 nitrogen and oxygen atoms in total. The van der Waals surface area contributed by atoms with E-state index in [1.807, 2.05) is 0 Å². The molecule has 2 rings (SSSR count). The number of anilines is 1. The fourth-order valence-corrected chi connectivity index (χ4v) is 1.87. The lowest BCUT2D eigenvalue weighted by Crippen LogP contribution is -2.43. The van der Waals surface area contributed by atoms with Crippen LogP contribution >= 0.6 is 0 Å². The van der Waals surface area contributed by atoms with Gasteiger partial charge in [-0.2, -0.15) is 0 Å². The first-order chi connectivity index (χ1) is 9.47. The summed E-state index contributed by atoms with van der Waals surface area (Å²) in [5, 5.41) is 11.1. The molecule has 0 radical (unpaired) electrons. The molecule has 0 spiro atoms. The Labute approximate surface area is 115 Å². The predicted octanol–water partition coefficient (Wildman–Crippen LogP) is 0.0118. The molecule has 2 amide bonds. The topological polar surface area (TPSA) is 93.4 Å². The monoisotopic (exact) mass is 280 g/mol. The average Bonchev–Trinajstić information content (AvgIpc) is 2.85. The first-order valence-corrected chi connectivity index (χ1v) is 6.11. The van der Waals surface area contributed by atoms with Crippen LogP contribution in [-0.2, 0) is 16.1 Å². The molecule has 0 fully saturated rings. The average molecular weight is 280 g/mol. The van der Waals surface area contributed by atoms with Gasteiger partial charge >= 0.3 is 12.0 Å². The van der Waals surface area contributed by atoms with Crippen LogP contribution in [0.5, 0.6) is 0 Å². The molecule has 0 aromatic carbocycles. The van der Waals surface area contributed by atoms with Gasteiger partial charge in [0.1, 0.15) is 0 Å². The number of rotatable bonds is 2. The van der Waals surface area contributed by atoms with Crippen LogP contribution < -0.4 is 4.90 Å². The van der Waals surface area contributed by atoms with Crippen molar-refractivity contribution in [2.24, 2.45) is 0 Å². The highest BCUT2D eigenvalue weighted by Gasteiger charge is 2.34. The highest BCUT2D eigenvalue weighted by atomic mass is 16.5. The molecule has 0 unspecified atom stereocenters. The fraction of sp³-hybridized carbons (Fsp3) is 0.545. The van der Waals surface area contributed by atoms with Gasteiger partial charge in [-0.3, -0.25) is 0 Å². The molecule has 0 N–H and O–H groups in total. The second kappa shape index (κ2) is 5.27. The van der Waals surface area contributed by atoms with Gasteiger partial charge in [0, 0.05) is 19.8 Å². The van der Waals surface area contributed by atoms with Crippen molar-refractivity contribution in [1.29, 1.82) is 0 Å². The predicted molar refractivity (Wildman–Crippen MR) is 68.7 cm³/mol. The molecular formula is C11H16N6O3. The molecule has 0 saturated heterocycles. The van der Waals surface area contributed by atoms with E-state index < -0.39 is 5.97 Å². The van der Waals surface area contributed by atoms with Crippen LogP contribution in [0.2, 0.25) is 0 Å². The van der Waals surface area contributed by atoms with Crippen LogP contribution in [0.15, 0.2) is 11.3 Å². The molecular weight excluding hydrogens is 264 g/mol. The molecule has 0 bridgehead atoms. The first-order valence-electron chi connectivity index (χ1n) is 6.11. The number of hydrogen-bond donors (Lipinski definition) is 0. The number of tetrazole rings is 1. The lowest BCUT2D eigenvalue weighted by atomic mass is 10.1. The van der Waals surface area contributed by atoms with Crippen molar-refractivity contribution in [1.82, 2.24) is 25.1 Å². The van der Waals surface area contributed by atoms with Gasteiger partial charge in [0.15, 0.2) is 0 Å². The van der Waals surface area contributed by atoms with Crippen LogP contribution in [0.25, 0.3) is 0 Å². The number of ether oxygens (including phenoxy) is 1. The molecule has 2 heterocycles. The van der Waals surface area contributed by atoms with Crippen LogP contribution in [0.3, 0.4) is 0 Å². The Balaban J connectivity index is 2.47. The Kier molecular flexibility index (Phi) is 3.68. The lowest BCUT2D eigenvalue weighted by molar-refractivity contribution is -0.138. The maximum atomic E-state index is 12.3. The number of urea groups is 1. The number of aromatic nitrogens is 4. The van der Waals surface area contributed by atoms with Gasteiger partial charge < -0.3 is 9.64 Å². The van der Waals surface area contributed by atoms with E-state index in [4.69, 9.17) is 4.74 Å². The molecule has 1 aliphatic heterocycles. The summed E-state index contributed by atoms with van der Waals surface area (Å²) in [7, 11) is 3.23. The van der Waals surface area contributed by atoms with Gasteiger partial charge in [-0.25, -0.2) is 19.2 Å². The number of fused-ring (bicyclic) bond motifs is 1. The second-order valence-corrected chi connectivity index (χ2v) is 4.43. The van der Waals surface area contributed by atoms with Crippen molar-refractivity contribution in [3.05, 3.63) is 11.3 Å². The largest absolute Gasteiger partial charge is 0.463 e. The van der Waals surface area contributed by atoms with Crippen molar-refractivity contribution in [2.45, 2.75) is 20.4 Å². The molecule has 1 aromatic heterocycles. The van der Waals surface area contributed by atoms with E-state index in [0.29, 0.717) is 11.3 Å². The standard InChI is InChI=1S/C11H16N6O3/c1-5-20-9(18)8-6-16-10(12-13-14-16)17(7(8)2)11(19)15(3)4/h5-6H2,1-4H3. The molecule has 108 valence electrons. The summed E-state index contributed by atoms with van der Waals surface area (Å²) in [6.07, 6.45) is 0. The smallest absolute Gasteiger partial charge is 0.337 e. The van der Waals surface area contributed by atoms with E-state index in [0.717, 1.165) is 0 Å². The highest BCUT2D eigenvalue weighted by molar-refractivity contribution is 5.98. The van der Waals surface area contributed by atoms with Crippen molar-refractivity contribution < 1.29 is 14.3 Å². The SMILES string of the molecule is CCOC(=O)C1=C(C)N(C(=O)N(C)C)c2nnnn2C1. The minimum atomic E-state index is -0.470. The van der Waals surface area contributed by atoms with E-state index in [1.165, 1.54) is 14.5 Å². The molecule has 0 saturated carbocycles. The number of hydrogen-bond acceptors (Lipinski definition) is 6. The van der Waals surface area contributed by atoms with Crippen molar-refractivity contribution in [2.75, 3.05) is 25.6 Å². The summed E-state index contributed by atoms with van der Waals surface area (Å²) in [6, 6.07) is -0.333. The maximum Gasteiger partial charge on any atom is 0.337 e. The Bertz CT molecular complexity index is 576. The van der Waals surface area contributed by atoms with Crippen LogP contribution in [0, 0.1) is 0 Å². The Morgan fingerprint density at radius 2 is 2.10 bits per heavy atom. The summed E-state index contributed by atoms with van der Waals surface area (Å²) in [5.41, 5.74) is 0.839. The van der Waals surface area contributed by atoms with Crippen molar-refractivity contribution in [3.63, 3.8) is 0 Å². The second-order valence-electron chi connectivity index (χ2n) is 4.43. The maximum absolute atomic E-state index is 12.3. The zero-order valence-corrected chi connectivity index (χ0v) is 11.8. The van der Waals surface area contributed by atoms with Gasteiger partial charge in [-0.15, -0.1) is 0 Å². The molecule has 1 aliphatic rings. The summed E-state index contributed by atoms with van der Waals surface area (Å²) >= 11 is 0. The lowest BCUT2D eigenvalue weighted by Gasteiger charge is -2.29. The van der Waals surface area contributed by atoms with E-state index in [1.54, 1.807) is 27.9 Å². The molecule has 1 aromatic rings. The number of carbonyl (C=O) groups is 2. The van der Waals surface area contributed by atoms with Gasteiger partial charge in [0.05, 0.1) is 18.7 Å². The van der Waals surface area contributed by atoms with Crippen molar-refractivity contribution >= 4 is 17.9 Å². The zero-order valence-electron chi connectivity index (χ0n) is 11.8. The Morgan fingerprint density at radius 1 is 1.40 bits per heavy atom. The molecule has 9 heteroatoms.